The van der Waals surface area contributed by atoms with Crippen LogP contribution in [0.3, 0.4) is 0 Å². The minimum Gasteiger partial charge on any atom is -0.310 e. The Morgan fingerprint density at radius 3 is 2.73 bits per heavy atom. The highest BCUT2D eigenvalue weighted by Crippen LogP contribution is 2.30. The summed E-state index contributed by atoms with van der Waals surface area (Å²) in [6.45, 7) is 0.802. The highest BCUT2D eigenvalue weighted by Gasteiger charge is 2.23. The molecule has 0 radical (unpaired) electrons. The Balaban J connectivity index is 2.36. The van der Waals surface area contributed by atoms with Gasteiger partial charge in [0.05, 0.1) is 5.02 Å². The van der Waals surface area contributed by atoms with Gasteiger partial charge in [-0.25, -0.2) is 8.78 Å². The summed E-state index contributed by atoms with van der Waals surface area (Å²) >= 11 is 5.64. The molecule has 1 aromatic carbocycles. The van der Waals surface area contributed by atoms with Crippen LogP contribution < -0.4 is 5.32 Å². The van der Waals surface area contributed by atoms with Gasteiger partial charge in [-0.05, 0) is 31.5 Å². The molecule has 1 aliphatic heterocycles. The van der Waals surface area contributed by atoms with Crippen LogP contribution in [0.5, 0.6) is 0 Å². The lowest BCUT2D eigenvalue weighted by Gasteiger charge is -2.24. The van der Waals surface area contributed by atoms with Crippen molar-refractivity contribution in [1.29, 1.82) is 0 Å². The standard InChI is InChI=1S/C11H12ClF2N/c12-7-4-5-8(13)10(11(7)14)9-3-1-2-6-15-9/h4-5,9,15H,1-3,6H2/t9-/m0/s1. The zero-order chi connectivity index (χ0) is 10.8. The molecular formula is C11H12ClF2N. The second-order valence-electron chi connectivity index (χ2n) is 3.76. The predicted molar refractivity (Wildman–Crippen MR) is 56.0 cm³/mol. The first-order chi connectivity index (χ1) is 7.20. The largest absolute Gasteiger partial charge is 0.310 e. The maximum absolute atomic E-state index is 13.6. The Hall–Kier alpha value is -0.670. The summed E-state index contributed by atoms with van der Waals surface area (Å²) < 4.78 is 27.1. The van der Waals surface area contributed by atoms with Crippen LogP contribution in [0.15, 0.2) is 12.1 Å². The number of rotatable bonds is 1. The minimum atomic E-state index is -0.629. The van der Waals surface area contributed by atoms with Crippen LogP contribution in [0.25, 0.3) is 0 Å². The molecule has 2 rings (SSSR count). The average Bonchev–Trinajstić information content (AvgIpc) is 2.26. The summed E-state index contributed by atoms with van der Waals surface area (Å²) in [7, 11) is 0. The first-order valence-corrected chi connectivity index (χ1v) is 5.44. The first kappa shape index (κ1) is 10.8. The average molecular weight is 232 g/mol. The van der Waals surface area contributed by atoms with E-state index in [9.17, 15) is 8.78 Å². The molecule has 0 aliphatic carbocycles. The maximum Gasteiger partial charge on any atom is 0.149 e. The van der Waals surface area contributed by atoms with Crippen LogP contribution in [0.1, 0.15) is 30.9 Å². The van der Waals surface area contributed by atoms with Crippen molar-refractivity contribution >= 4 is 11.6 Å². The van der Waals surface area contributed by atoms with Crippen molar-refractivity contribution in [2.24, 2.45) is 0 Å². The molecule has 15 heavy (non-hydrogen) atoms. The second-order valence-corrected chi connectivity index (χ2v) is 4.17. The van der Waals surface area contributed by atoms with E-state index in [0.29, 0.717) is 0 Å². The lowest BCUT2D eigenvalue weighted by molar-refractivity contribution is 0.385. The van der Waals surface area contributed by atoms with Crippen molar-refractivity contribution in [3.8, 4) is 0 Å². The van der Waals surface area contributed by atoms with E-state index in [2.05, 4.69) is 5.32 Å². The van der Waals surface area contributed by atoms with Crippen molar-refractivity contribution < 1.29 is 8.78 Å². The Morgan fingerprint density at radius 1 is 1.27 bits per heavy atom. The number of benzene rings is 1. The summed E-state index contributed by atoms with van der Waals surface area (Å²) in [6, 6.07) is 2.23. The molecule has 1 heterocycles. The van der Waals surface area contributed by atoms with Crippen LogP contribution in [0, 0.1) is 11.6 Å². The van der Waals surface area contributed by atoms with Gasteiger partial charge in [0.25, 0.3) is 0 Å². The minimum absolute atomic E-state index is 0.0150. The molecule has 1 aliphatic rings. The molecule has 0 unspecified atom stereocenters. The van der Waals surface area contributed by atoms with E-state index in [1.165, 1.54) is 12.1 Å². The first-order valence-electron chi connectivity index (χ1n) is 5.07. The van der Waals surface area contributed by atoms with Crippen LogP contribution in [-0.4, -0.2) is 6.54 Å². The van der Waals surface area contributed by atoms with Crippen LogP contribution in [0.2, 0.25) is 5.02 Å². The Kier molecular flexibility index (Phi) is 3.22. The summed E-state index contributed by atoms with van der Waals surface area (Å²) in [4.78, 5) is 0. The third-order valence-electron chi connectivity index (χ3n) is 2.74. The lowest BCUT2D eigenvalue weighted by Crippen LogP contribution is -2.28. The van der Waals surface area contributed by atoms with Crippen molar-refractivity contribution in [3.05, 3.63) is 34.4 Å². The fraction of sp³-hybridized carbons (Fsp3) is 0.455. The molecule has 0 spiro atoms. The van der Waals surface area contributed by atoms with E-state index >= 15 is 0 Å². The molecule has 1 fully saturated rings. The van der Waals surface area contributed by atoms with E-state index in [-0.39, 0.29) is 16.6 Å². The lowest BCUT2D eigenvalue weighted by atomic mass is 9.96. The Labute approximate surface area is 92.4 Å². The van der Waals surface area contributed by atoms with Gasteiger partial charge in [-0.15, -0.1) is 0 Å². The molecule has 1 aromatic rings. The van der Waals surface area contributed by atoms with Crippen LogP contribution >= 0.6 is 11.6 Å². The third-order valence-corrected chi connectivity index (χ3v) is 3.03. The van der Waals surface area contributed by atoms with E-state index in [4.69, 9.17) is 11.6 Å². The highest BCUT2D eigenvalue weighted by atomic mass is 35.5. The van der Waals surface area contributed by atoms with Gasteiger partial charge < -0.3 is 5.32 Å². The molecule has 0 aromatic heterocycles. The Morgan fingerprint density at radius 2 is 2.07 bits per heavy atom. The maximum atomic E-state index is 13.6. The van der Waals surface area contributed by atoms with Crippen LogP contribution in [0.4, 0.5) is 8.78 Å². The number of nitrogens with one attached hydrogen (secondary N) is 1. The van der Waals surface area contributed by atoms with E-state index in [1.807, 2.05) is 0 Å². The second kappa shape index (κ2) is 4.45. The molecule has 0 amide bonds. The summed E-state index contributed by atoms with van der Waals surface area (Å²) in [6.07, 6.45) is 2.80. The molecule has 0 bridgehead atoms. The van der Waals surface area contributed by atoms with Gasteiger partial charge >= 0.3 is 0 Å². The van der Waals surface area contributed by atoms with Gasteiger partial charge in [0.1, 0.15) is 11.6 Å². The topological polar surface area (TPSA) is 12.0 Å². The smallest absolute Gasteiger partial charge is 0.149 e. The van der Waals surface area contributed by atoms with Crippen molar-refractivity contribution in [3.63, 3.8) is 0 Å². The molecule has 4 heteroatoms. The number of piperidine rings is 1. The number of halogens is 3. The summed E-state index contributed by atoms with van der Waals surface area (Å²) in [5.41, 5.74) is 0.0854. The fourth-order valence-electron chi connectivity index (χ4n) is 1.96. The summed E-state index contributed by atoms with van der Waals surface area (Å²) in [5, 5.41) is 3.09. The van der Waals surface area contributed by atoms with Gasteiger partial charge in [0.15, 0.2) is 0 Å². The summed E-state index contributed by atoms with van der Waals surface area (Å²) in [5.74, 6) is -1.15. The van der Waals surface area contributed by atoms with Gasteiger partial charge in [-0.2, -0.15) is 0 Å². The van der Waals surface area contributed by atoms with Crippen molar-refractivity contribution in [1.82, 2.24) is 5.32 Å². The van der Waals surface area contributed by atoms with E-state index < -0.39 is 11.6 Å². The molecule has 1 atom stereocenters. The van der Waals surface area contributed by atoms with Gasteiger partial charge in [0, 0.05) is 11.6 Å². The number of hydrogen-bond acceptors (Lipinski definition) is 1. The molecule has 1 saturated heterocycles. The van der Waals surface area contributed by atoms with Gasteiger partial charge in [0.2, 0.25) is 0 Å². The normalized spacial score (nSPS) is 21.7. The SMILES string of the molecule is Fc1ccc(Cl)c(F)c1[C@@H]1CCCCN1. The highest BCUT2D eigenvalue weighted by molar-refractivity contribution is 6.30. The molecule has 0 saturated carbocycles. The fourth-order valence-corrected chi connectivity index (χ4v) is 2.13. The van der Waals surface area contributed by atoms with E-state index in [1.54, 1.807) is 0 Å². The monoisotopic (exact) mass is 231 g/mol. The van der Waals surface area contributed by atoms with Gasteiger partial charge in [-0.1, -0.05) is 18.0 Å². The van der Waals surface area contributed by atoms with E-state index in [0.717, 1.165) is 25.8 Å². The molecule has 1 nitrogen and oxygen atoms in total. The van der Waals surface area contributed by atoms with Crippen molar-refractivity contribution in [2.75, 3.05) is 6.54 Å². The zero-order valence-corrected chi connectivity index (χ0v) is 8.95. The molecule has 1 N–H and O–H groups in total. The quantitative estimate of drug-likeness (QED) is 0.731. The molecular weight excluding hydrogens is 220 g/mol. The molecule has 82 valence electrons. The zero-order valence-electron chi connectivity index (χ0n) is 8.19. The number of hydrogen-bond donors (Lipinski definition) is 1. The predicted octanol–water partition coefficient (Wildman–Crippen LogP) is 3.43. The Bertz CT molecular complexity index is 362. The van der Waals surface area contributed by atoms with Crippen LogP contribution in [-0.2, 0) is 0 Å². The van der Waals surface area contributed by atoms with Crippen molar-refractivity contribution in [2.45, 2.75) is 25.3 Å². The van der Waals surface area contributed by atoms with Gasteiger partial charge in [-0.3, -0.25) is 0 Å². The third kappa shape index (κ3) is 2.13.